The summed E-state index contributed by atoms with van der Waals surface area (Å²) in [5.74, 6) is 1.18. The van der Waals surface area contributed by atoms with Crippen LogP contribution in [0.3, 0.4) is 0 Å². The van der Waals surface area contributed by atoms with Gasteiger partial charge in [-0.25, -0.2) is 0 Å². The largest absolute Gasteiger partial charge is 0.493 e. The van der Waals surface area contributed by atoms with E-state index in [1.165, 1.54) is 12.7 Å². The van der Waals surface area contributed by atoms with Crippen molar-refractivity contribution < 1.29 is 38.4 Å². The summed E-state index contributed by atoms with van der Waals surface area (Å²) in [4.78, 5) is 35.3. The van der Waals surface area contributed by atoms with Crippen LogP contribution in [0.15, 0.2) is 60.7 Å². The molecule has 8 nitrogen and oxygen atoms in total. The first-order valence-electron chi connectivity index (χ1n) is 16.5. The van der Waals surface area contributed by atoms with Crippen molar-refractivity contribution in [2.24, 2.45) is 0 Å². The fraction of sp³-hybridized carbons (Fsp3) is 0.447. The molecule has 8 heteroatoms. The Morgan fingerprint density at radius 2 is 1.50 bits per heavy atom. The first-order chi connectivity index (χ1) is 22.5. The maximum Gasteiger partial charge on any atom is 0.305 e. The number of carbonyl (C=O) groups excluding carboxylic acids is 2. The highest BCUT2D eigenvalue weighted by Crippen LogP contribution is 2.37. The number of carbonyl (C=O) groups is 3. The number of methoxy groups -OCH3 is 1. The van der Waals surface area contributed by atoms with Gasteiger partial charge < -0.3 is 24.1 Å². The molecule has 0 spiro atoms. The summed E-state index contributed by atoms with van der Waals surface area (Å²) in [5, 5.41) is 9.29. The van der Waals surface area contributed by atoms with E-state index in [1.807, 2.05) is 36.4 Å². The lowest BCUT2D eigenvalue weighted by atomic mass is 9.96. The Bertz CT molecular complexity index is 1430. The van der Waals surface area contributed by atoms with Crippen molar-refractivity contribution in [2.75, 3.05) is 26.9 Å². The summed E-state index contributed by atoms with van der Waals surface area (Å²) >= 11 is 0. The third-order valence-electron chi connectivity index (χ3n) is 8.26. The van der Waals surface area contributed by atoms with E-state index >= 15 is 0 Å². The van der Waals surface area contributed by atoms with E-state index in [9.17, 15) is 19.5 Å². The molecule has 1 aliphatic rings. The average molecular weight is 631 g/mol. The Hall–Kier alpha value is -4.33. The van der Waals surface area contributed by atoms with Gasteiger partial charge in [-0.15, -0.1) is 0 Å². The molecule has 0 saturated carbocycles. The van der Waals surface area contributed by atoms with E-state index in [4.69, 9.17) is 14.2 Å². The second kappa shape index (κ2) is 18.6. The predicted octanol–water partition coefficient (Wildman–Crippen LogP) is 7.36. The zero-order chi connectivity index (χ0) is 32.6. The van der Waals surface area contributed by atoms with Gasteiger partial charge >= 0.3 is 11.9 Å². The van der Waals surface area contributed by atoms with Crippen LogP contribution >= 0.6 is 0 Å². The molecule has 246 valence electrons. The topological polar surface area (TPSA) is 108 Å². The molecular formula is C38H46O8. The van der Waals surface area contributed by atoms with E-state index in [0.29, 0.717) is 56.1 Å². The number of ether oxygens (including phenoxy) is 4. The smallest absolute Gasteiger partial charge is 0.305 e. The molecule has 0 unspecified atom stereocenters. The van der Waals surface area contributed by atoms with Gasteiger partial charge in [0.15, 0.2) is 5.78 Å². The summed E-state index contributed by atoms with van der Waals surface area (Å²) < 4.78 is 22.9. The summed E-state index contributed by atoms with van der Waals surface area (Å²) in [6, 6.07) is 20.0. The molecule has 0 bridgehead atoms. The first-order valence-corrected chi connectivity index (χ1v) is 16.5. The number of benzene rings is 3. The number of rotatable bonds is 20. The number of unbranched alkanes of at least 4 members (excludes halogenated alkanes) is 3. The fourth-order valence-corrected chi connectivity index (χ4v) is 5.81. The van der Waals surface area contributed by atoms with Gasteiger partial charge in [0.25, 0.3) is 0 Å². The standard InChI is InChI=1S/C38H46O8/c1-43-37(42)19-11-26-45-34-18-10-16-29(30(34)21-23-36(40)41)15-7-2-3-8-25-44-35-22-20-31-33(39)24-27-46-38(31)32(35)17-9-14-28-12-5-4-6-13-28/h4-6,10,12-13,16,18,20,22H,2-3,7-9,11,14-15,17,19,21,23-27H2,1H3,(H,40,41). The quantitative estimate of drug-likeness (QED) is 0.102. The zero-order valence-corrected chi connectivity index (χ0v) is 26.9. The van der Waals surface area contributed by atoms with Crippen molar-refractivity contribution in [3.63, 3.8) is 0 Å². The van der Waals surface area contributed by atoms with Crippen molar-refractivity contribution in [1.82, 2.24) is 0 Å². The minimum absolute atomic E-state index is 0.0308. The van der Waals surface area contributed by atoms with Gasteiger partial charge in [0.1, 0.15) is 17.2 Å². The van der Waals surface area contributed by atoms with E-state index in [1.54, 1.807) is 0 Å². The molecule has 0 fully saturated rings. The lowest BCUT2D eigenvalue weighted by molar-refractivity contribution is -0.141. The molecule has 0 aromatic heterocycles. The highest BCUT2D eigenvalue weighted by Gasteiger charge is 2.24. The van der Waals surface area contributed by atoms with Crippen LogP contribution in [0.25, 0.3) is 0 Å². The summed E-state index contributed by atoms with van der Waals surface area (Å²) in [6.45, 7) is 1.35. The van der Waals surface area contributed by atoms with Crippen molar-refractivity contribution in [3.8, 4) is 17.2 Å². The summed E-state index contributed by atoms with van der Waals surface area (Å²) in [7, 11) is 1.36. The van der Waals surface area contributed by atoms with E-state index in [0.717, 1.165) is 73.8 Å². The van der Waals surface area contributed by atoms with Crippen LogP contribution in [-0.4, -0.2) is 49.8 Å². The van der Waals surface area contributed by atoms with Crippen LogP contribution in [0.5, 0.6) is 17.2 Å². The van der Waals surface area contributed by atoms with Gasteiger partial charge in [-0.1, -0.05) is 55.3 Å². The molecule has 3 aromatic rings. The van der Waals surface area contributed by atoms with E-state index in [2.05, 4.69) is 29.0 Å². The number of carboxylic acids is 1. The Kier molecular flexibility index (Phi) is 14.0. The molecule has 1 N–H and O–H groups in total. The third kappa shape index (κ3) is 10.6. The number of Topliss-reactive ketones (excluding diaryl/α,β-unsaturated/α-hetero) is 1. The van der Waals surface area contributed by atoms with Crippen LogP contribution in [0.4, 0.5) is 0 Å². The zero-order valence-electron chi connectivity index (χ0n) is 26.9. The Morgan fingerprint density at radius 1 is 0.739 bits per heavy atom. The number of carboxylic acid groups (broad SMARTS) is 1. The summed E-state index contributed by atoms with van der Waals surface area (Å²) in [5.41, 5.74) is 4.97. The van der Waals surface area contributed by atoms with Gasteiger partial charge in [0.05, 0.1) is 32.5 Å². The van der Waals surface area contributed by atoms with Crippen LogP contribution in [0.2, 0.25) is 0 Å². The second-order valence-corrected chi connectivity index (χ2v) is 11.6. The fourth-order valence-electron chi connectivity index (χ4n) is 5.81. The minimum Gasteiger partial charge on any atom is -0.493 e. The minimum atomic E-state index is -0.845. The molecule has 1 heterocycles. The molecule has 0 radical (unpaired) electrons. The predicted molar refractivity (Wildman–Crippen MR) is 176 cm³/mol. The number of aliphatic carboxylic acids is 1. The van der Waals surface area contributed by atoms with Crippen LogP contribution < -0.4 is 14.2 Å². The van der Waals surface area contributed by atoms with Crippen molar-refractivity contribution in [2.45, 2.75) is 83.5 Å². The third-order valence-corrected chi connectivity index (χ3v) is 8.26. The van der Waals surface area contributed by atoms with Crippen molar-refractivity contribution in [1.29, 1.82) is 0 Å². The van der Waals surface area contributed by atoms with Crippen LogP contribution in [-0.2, 0) is 40.0 Å². The first kappa shape index (κ1) is 34.5. The highest BCUT2D eigenvalue weighted by molar-refractivity contribution is 6.00. The molecule has 1 aliphatic heterocycles. The second-order valence-electron chi connectivity index (χ2n) is 11.6. The molecular weight excluding hydrogens is 584 g/mol. The molecule has 3 aromatic carbocycles. The average Bonchev–Trinajstić information content (AvgIpc) is 3.06. The van der Waals surface area contributed by atoms with Crippen LogP contribution in [0.1, 0.15) is 90.4 Å². The molecule has 0 saturated heterocycles. The van der Waals surface area contributed by atoms with Crippen molar-refractivity contribution >= 4 is 17.7 Å². The van der Waals surface area contributed by atoms with E-state index in [-0.39, 0.29) is 24.6 Å². The Labute approximate surface area is 272 Å². The highest BCUT2D eigenvalue weighted by atomic mass is 16.5. The molecule has 46 heavy (non-hydrogen) atoms. The monoisotopic (exact) mass is 630 g/mol. The lowest BCUT2D eigenvalue weighted by Gasteiger charge is -2.22. The van der Waals surface area contributed by atoms with Gasteiger partial charge in [0, 0.05) is 24.8 Å². The number of hydrogen-bond acceptors (Lipinski definition) is 7. The Morgan fingerprint density at radius 3 is 2.28 bits per heavy atom. The molecule has 4 rings (SSSR count). The van der Waals surface area contributed by atoms with Gasteiger partial charge in [0.2, 0.25) is 0 Å². The number of hydrogen-bond donors (Lipinski definition) is 1. The SMILES string of the molecule is COC(=O)CCCOc1cccc(CCCCCCOc2ccc3c(c2CCCc2ccccc2)OCCC3=O)c1CCC(=O)O. The summed E-state index contributed by atoms with van der Waals surface area (Å²) in [6.07, 6.45) is 9.00. The van der Waals surface area contributed by atoms with Gasteiger partial charge in [-0.05, 0) is 86.3 Å². The molecule has 0 amide bonds. The lowest BCUT2D eigenvalue weighted by Crippen LogP contribution is -2.17. The normalized spacial score (nSPS) is 12.2. The number of fused-ring (bicyclic) bond motifs is 1. The van der Waals surface area contributed by atoms with Gasteiger partial charge in [-0.3, -0.25) is 14.4 Å². The van der Waals surface area contributed by atoms with Crippen molar-refractivity contribution in [3.05, 3.63) is 88.5 Å². The number of ketones is 1. The Balaban J connectivity index is 1.27. The van der Waals surface area contributed by atoms with Gasteiger partial charge in [-0.2, -0.15) is 0 Å². The molecule has 0 aliphatic carbocycles. The maximum atomic E-state index is 12.5. The molecule has 0 atom stereocenters. The number of aryl methyl sites for hydroxylation is 2. The number of esters is 1. The maximum absolute atomic E-state index is 12.5. The van der Waals surface area contributed by atoms with Crippen LogP contribution in [0, 0.1) is 0 Å². The van der Waals surface area contributed by atoms with E-state index < -0.39 is 5.97 Å².